The lowest BCUT2D eigenvalue weighted by Crippen LogP contribution is -2.44. The Labute approximate surface area is 145 Å². The highest BCUT2D eigenvalue weighted by Crippen LogP contribution is 2.30. The molecule has 0 spiro atoms. The highest BCUT2D eigenvalue weighted by Gasteiger charge is 2.28. The second-order valence-electron chi connectivity index (χ2n) is 7.69. The van der Waals surface area contributed by atoms with E-state index in [-0.39, 0.29) is 6.09 Å². The summed E-state index contributed by atoms with van der Waals surface area (Å²) < 4.78 is 5.51. The molecule has 0 aromatic heterocycles. The van der Waals surface area contributed by atoms with Crippen molar-refractivity contribution >= 4 is 11.8 Å². The van der Waals surface area contributed by atoms with Crippen LogP contribution in [0.1, 0.15) is 31.9 Å². The monoisotopic (exact) mass is 331 g/mol. The molecule has 2 aliphatic heterocycles. The molecule has 5 nitrogen and oxygen atoms in total. The Kier molecular flexibility index (Phi) is 5.11. The van der Waals surface area contributed by atoms with Crippen LogP contribution in [0.15, 0.2) is 18.2 Å². The van der Waals surface area contributed by atoms with Gasteiger partial charge in [0, 0.05) is 39.3 Å². The molecular formula is C19H29N3O2. The van der Waals surface area contributed by atoms with Crippen LogP contribution in [-0.4, -0.2) is 55.9 Å². The molecule has 0 unspecified atom stereocenters. The van der Waals surface area contributed by atoms with E-state index in [1.807, 2.05) is 20.8 Å². The minimum Gasteiger partial charge on any atom is -0.443 e. The van der Waals surface area contributed by atoms with Crippen LogP contribution in [0.4, 0.5) is 10.5 Å². The van der Waals surface area contributed by atoms with E-state index in [0.717, 1.165) is 51.3 Å². The molecule has 0 bridgehead atoms. The predicted molar refractivity (Wildman–Crippen MR) is 96.7 cm³/mol. The number of amides is 1. The summed E-state index contributed by atoms with van der Waals surface area (Å²) >= 11 is 0. The van der Waals surface area contributed by atoms with Gasteiger partial charge in [0.15, 0.2) is 0 Å². The molecule has 2 heterocycles. The fourth-order valence-electron chi connectivity index (χ4n) is 3.34. The number of rotatable bonds is 3. The number of benzene rings is 1. The van der Waals surface area contributed by atoms with Crippen LogP contribution in [-0.2, 0) is 17.6 Å². The SMILES string of the molecule is CC(C)(C)OC(=O)N1CCc2cc(CCN3CCNCC3)ccc21. The number of fused-ring (bicyclic) bond motifs is 1. The van der Waals surface area contributed by atoms with Crippen molar-refractivity contribution < 1.29 is 9.53 Å². The quantitative estimate of drug-likeness (QED) is 0.924. The Morgan fingerprint density at radius 1 is 1.21 bits per heavy atom. The molecule has 5 heteroatoms. The Morgan fingerprint density at radius 3 is 2.67 bits per heavy atom. The summed E-state index contributed by atoms with van der Waals surface area (Å²) in [7, 11) is 0. The van der Waals surface area contributed by atoms with Crippen LogP contribution >= 0.6 is 0 Å². The molecular weight excluding hydrogens is 302 g/mol. The summed E-state index contributed by atoms with van der Waals surface area (Å²) in [6.07, 6.45) is 1.74. The molecule has 0 aliphatic carbocycles. The molecule has 0 saturated carbocycles. The maximum absolute atomic E-state index is 12.3. The van der Waals surface area contributed by atoms with Gasteiger partial charge in [-0.1, -0.05) is 12.1 Å². The average molecular weight is 331 g/mol. The predicted octanol–water partition coefficient (Wildman–Crippen LogP) is 2.43. The van der Waals surface area contributed by atoms with E-state index in [2.05, 4.69) is 28.4 Å². The molecule has 132 valence electrons. The van der Waals surface area contributed by atoms with Crippen molar-refractivity contribution in [1.82, 2.24) is 10.2 Å². The molecule has 2 aliphatic rings. The topological polar surface area (TPSA) is 44.8 Å². The van der Waals surface area contributed by atoms with Crippen molar-refractivity contribution in [2.75, 3.05) is 44.2 Å². The van der Waals surface area contributed by atoms with Crippen molar-refractivity contribution in [3.05, 3.63) is 29.3 Å². The molecule has 0 atom stereocenters. The van der Waals surface area contributed by atoms with Gasteiger partial charge in [0.05, 0.1) is 5.69 Å². The highest BCUT2D eigenvalue weighted by atomic mass is 16.6. The Bertz CT molecular complexity index is 589. The van der Waals surface area contributed by atoms with Gasteiger partial charge in [-0.25, -0.2) is 4.79 Å². The van der Waals surface area contributed by atoms with E-state index >= 15 is 0 Å². The number of anilines is 1. The van der Waals surface area contributed by atoms with E-state index in [9.17, 15) is 4.79 Å². The molecule has 1 amide bonds. The number of nitrogens with one attached hydrogen (secondary N) is 1. The summed E-state index contributed by atoms with van der Waals surface area (Å²) in [6.45, 7) is 12.0. The largest absolute Gasteiger partial charge is 0.443 e. The van der Waals surface area contributed by atoms with Crippen LogP contribution in [0.2, 0.25) is 0 Å². The maximum atomic E-state index is 12.3. The summed E-state index contributed by atoms with van der Waals surface area (Å²) in [5, 5.41) is 3.39. The van der Waals surface area contributed by atoms with Crippen LogP contribution in [0.3, 0.4) is 0 Å². The Morgan fingerprint density at radius 2 is 1.96 bits per heavy atom. The van der Waals surface area contributed by atoms with E-state index in [1.165, 1.54) is 11.1 Å². The lowest BCUT2D eigenvalue weighted by molar-refractivity contribution is 0.0584. The summed E-state index contributed by atoms with van der Waals surface area (Å²) in [5.41, 5.74) is 3.18. The first-order chi connectivity index (χ1) is 11.4. The Balaban J connectivity index is 1.61. The first-order valence-corrected chi connectivity index (χ1v) is 8.98. The lowest BCUT2D eigenvalue weighted by Gasteiger charge is -2.27. The van der Waals surface area contributed by atoms with Crippen LogP contribution in [0.25, 0.3) is 0 Å². The van der Waals surface area contributed by atoms with Crippen molar-refractivity contribution in [3.63, 3.8) is 0 Å². The number of hydrogen-bond donors (Lipinski definition) is 1. The molecule has 1 saturated heterocycles. The van der Waals surface area contributed by atoms with E-state index in [4.69, 9.17) is 4.74 Å². The smallest absolute Gasteiger partial charge is 0.414 e. The molecule has 1 aromatic rings. The number of hydrogen-bond acceptors (Lipinski definition) is 4. The summed E-state index contributed by atoms with van der Waals surface area (Å²) in [5.74, 6) is 0. The summed E-state index contributed by atoms with van der Waals surface area (Å²) in [6, 6.07) is 6.50. The second-order valence-corrected chi connectivity index (χ2v) is 7.69. The van der Waals surface area contributed by atoms with Crippen molar-refractivity contribution in [1.29, 1.82) is 0 Å². The van der Waals surface area contributed by atoms with Crippen molar-refractivity contribution in [2.45, 2.75) is 39.2 Å². The van der Waals surface area contributed by atoms with Gasteiger partial charge in [0.1, 0.15) is 5.60 Å². The summed E-state index contributed by atoms with van der Waals surface area (Å²) in [4.78, 5) is 16.6. The van der Waals surface area contributed by atoms with E-state index in [0.29, 0.717) is 6.54 Å². The standard InChI is InChI=1S/C19H29N3O2/c1-19(2,3)24-18(23)22-11-7-16-14-15(4-5-17(16)22)6-10-21-12-8-20-9-13-21/h4-5,14,20H,6-13H2,1-3H3. The number of piperazine rings is 1. The zero-order chi connectivity index (χ0) is 17.2. The molecule has 1 fully saturated rings. The normalized spacial score (nSPS) is 18.5. The van der Waals surface area contributed by atoms with Crippen molar-refractivity contribution in [3.8, 4) is 0 Å². The average Bonchev–Trinajstić information content (AvgIpc) is 2.95. The minimum atomic E-state index is -0.455. The van der Waals surface area contributed by atoms with Gasteiger partial charge >= 0.3 is 6.09 Å². The molecule has 0 radical (unpaired) electrons. The molecule has 1 aromatic carbocycles. The number of carbonyl (C=O) groups is 1. The first kappa shape index (κ1) is 17.2. The van der Waals surface area contributed by atoms with Gasteiger partial charge in [0.2, 0.25) is 0 Å². The second kappa shape index (κ2) is 7.11. The maximum Gasteiger partial charge on any atom is 0.414 e. The van der Waals surface area contributed by atoms with Crippen LogP contribution in [0, 0.1) is 0 Å². The first-order valence-electron chi connectivity index (χ1n) is 8.98. The molecule has 1 N–H and O–H groups in total. The number of ether oxygens (including phenoxy) is 1. The van der Waals surface area contributed by atoms with E-state index in [1.54, 1.807) is 4.90 Å². The lowest BCUT2D eigenvalue weighted by atomic mass is 10.1. The van der Waals surface area contributed by atoms with Gasteiger partial charge in [-0.3, -0.25) is 4.90 Å². The third-order valence-electron chi connectivity index (χ3n) is 4.58. The highest BCUT2D eigenvalue weighted by molar-refractivity contribution is 5.90. The van der Waals surface area contributed by atoms with Gasteiger partial charge in [0.25, 0.3) is 0 Å². The van der Waals surface area contributed by atoms with Crippen LogP contribution in [0.5, 0.6) is 0 Å². The number of nitrogens with zero attached hydrogens (tertiary/aromatic N) is 2. The zero-order valence-corrected chi connectivity index (χ0v) is 15.1. The van der Waals surface area contributed by atoms with Gasteiger partial charge in [-0.2, -0.15) is 0 Å². The fraction of sp³-hybridized carbons (Fsp3) is 0.632. The van der Waals surface area contributed by atoms with Gasteiger partial charge in [-0.05, 0) is 50.8 Å². The Hall–Kier alpha value is -1.59. The molecule has 3 rings (SSSR count). The number of carbonyl (C=O) groups excluding carboxylic acids is 1. The van der Waals surface area contributed by atoms with E-state index < -0.39 is 5.60 Å². The fourth-order valence-corrected chi connectivity index (χ4v) is 3.34. The van der Waals surface area contributed by atoms with Gasteiger partial charge < -0.3 is 15.0 Å². The minimum absolute atomic E-state index is 0.241. The zero-order valence-electron chi connectivity index (χ0n) is 15.1. The van der Waals surface area contributed by atoms with Gasteiger partial charge in [-0.15, -0.1) is 0 Å². The third-order valence-corrected chi connectivity index (χ3v) is 4.58. The third kappa shape index (κ3) is 4.28. The van der Waals surface area contributed by atoms with Crippen LogP contribution < -0.4 is 10.2 Å². The van der Waals surface area contributed by atoms with Crippen molar-refractivity contribution in [2.24, 2.45) is 0 Å². The molecule has 24 heavy (non-hydrogen) atoms.